The fraction of sp³-hybridized carbons (Fsp3) is 0.0800. The standard InChI is InChI=1S/C25H15NO8/c27-14-6-8-17-20(12-14)33-19-4-2-1-3-16(19)23(17)15-7-5-13(11-18(15)24(30)31)25(32)34-26-21(28)9-10-22(26)29/h1-8,11-12H,9-10H2,(H,30,31). The topological polar surface area (TPSA) is 131 Å². The van der Waals surface area contributed by atoms with Gasteiger partial charge in [0.1, 0.15) is 11.3 Å². The molecule has 34 heavy (non-hydrogen) atoms. The van der Waals surface area contributed by atoms with E-state index in [1.165, 1.54) is 24.3 Å². The van der Waals surface area contributed by atoms with Crippen LogP contribution in [0.1, 0.15) is 33.6 Å². The zero-order valence-electron chi connectivity index (χ0n) is 17.4. The van der Waals surface area contributed by atoms with Crippen molar-refractivity contribution in [1.82, 2.24) is 5.06 Å². The van der Waals surface area contributed by atoms with E-state index in [-0.39, 0.29) is 40.7 Å². The first-order valence-corrected chi connectivity index (χ1v) is 10.2. The number of imide groups is 1. The summed E-state index contributed by atoms with van der Waals surface area (Å²) >= 11 is 0. The van der Waals surface area contributed by atoms with Gasteiger partial charge in [0, 0.05) is 35.4 Å². The Morgan fingerprint density at radius 1 is 0.882 bits per heavy atom. The van der Waals surface area contributed by atoms with Crippen molar-refractivity contribution in [3.8, 4) is 22.5 Å². The van der Waals surface area contributed by atoms with E-state index in [4.69, 9.17) is 9.25 Å². The summed E-state index contributed by atoms with van der Waals surface area (Å²) in [5.74, 6) is -3.34. The molecule has 2 aromatic rings. The van der Waals surface area contributed by atoms with E-state index < -0.39 is 23.8 Å². The van der Waals surface area contributed by atoms with Crippen molar-refractivity contribution >= 4 is 34.7 Å². The molecule has 2 aliphatic heterocycles. The maximum Gasteiger partial charge on any atom is 0.363 e. The van der Waals surface area contributed by atoms with Crippen LogP contribution < -0.4 is 5.43 Å². The van der Waals surface area contributed by atoms with E-state index in [1.54, 1.807) is 30.3 Å². The molecule has 3 aliphatic rings. The Balaban J connectivity index is 1.67. The number of carboxylic acids is 1. The van der Waals surface area contributed by atoms with Crippen LogP contribution in [0.15, 0.2) is 69.9 Å². The molecule has 0 bridgehead atoms. The highest BCUT2D eigenvalue weighted by molar-refractivity contribution is 6.09. The zero-order chi connectivity index (χ0) is 24.0. The quantitative estimate of drug-likeness (QED) is 0.364. The number of benzene rings is 3. The lowest BCUT2D eigenvalue weighted by atomic mass is 9.90. The van der Waals surface area contributed by atoms with Gasteiger partial charge in [-0.2, -0.15) is 0 Å². The average Bonchev–Trinajstić information content (AvgIpc) is 3.14. The fourth-order valence-corrected chi connectivity index (χ4v) is 3.97. The second kappa shape index (κ2) is 7.96. The molecule has 0 aromatic heterocycles. The van der Waals surface area contributed by atoms with Gasteiger partial charge in [0.05, 0.1) is 11.1 Å². The third kappa shape index (κ3) is 3.49. The number of rotatable bonds is 4. The van der Waals surface area contributed by atoms with E-state index in [0.29, 0.717) is 27.2 Å². The van der Waals surface area contributed by atoms with Crippen LogP contribution in [0.3, 0.4) is 0 Å². The minimum Gasteiger partial charge on any atom is -0.478 e. The summed E-state index contributed by atoms with van der Waals surface area (Å²) in [6, 6.07) is 15.1. The highest BCUT2D eigenvalue weighted by atomic mass is 16.7. The molecule has 1 aliphatic carbocycles. The number of nitrogens with zero attached hydrogens (tertiary/aromatic N) is 1. The highest BCUT2D eigenvalue weighted by Crippen LogP contribution is 2.41. The summed E-state index contributed by atoms with van der Waals surface area (Å²) in [7, 11) is 0. The SMILES string of the molecule is O=C(ON1C(=O)CCC1=O)c1ccc(-c2c3ccc(=O)cc-3oc3ccccc23)c(C(=O)O)c1. The molecular weight excluding hydrogens is 442 g/mol. The van der Waals surface area contributed by atoms with Crippen molar-refractivity contribution < 1.29 is 33.5 Å². The van der Waals surface area contributed by atoms with Crippen molar-refractivity contribution in [1.29, 1.82) is 0 Å². The minimum atomic E-state index is -1.31. The smallest absolute Gasteiger partial charge is 0.363 e. The first-order chi connectivity index (χ1) is 16.3. The van der Waals surface area contributed by atoms with Gasteiger partial charge in [-0.05, 0) is 35.9 Å². The number of carboxylic acid groups (broad SMARTS) is 1. The molecule has 2 amide bonds. The van der Waals surface area contributed by atoms with Gasteiger partial charge in [-0.25, -0.2) is 9.59 Å². The molecule has 1 saturated heterocycles. The maximum absolute atomic E-state index is 12.6. The van der Waals surface area contributed by atoms with Crippen LogP contribution in [-0.2, 0) is 14.4 Å². The fourth-order valence-electron chi connectivity index (χ4n) is 3.97. The number of hydrogen-bond donors (Lipinski definition) is 1. The zero-order valence-corrected chi connectivity index (χ0v) is 17.4. The Labute approximate surface area is 191 Å². The van der Waals surface area contributed by atoms with Gasteiger partial charge in [0.25, 0.3) is 11.8 Å². The lowest BCUT2D eigenvalue weighted by molar-refractivity contribution is -0.172. The van der Waals surface area contributed by atoms with Gasteiger partial charge in [-0.15, -0.1) is 5.06 Å². The lowest BCUT2D eigenvalue weighted by Crippen LogP contribution is -2.32. The molecular formula is C25H15NO8. The molecule has 0 spiro atoms. The molecule has 9 heteroatoms. The van der Waals surface area contributed by atoms with E-state index in [9.17, 15) is 29.1 Å². The maximum atomic E-state index is 12.6. The van der Waals surface area contributed by atoms with Gasteiger partial charge >= 0.3 is 11.9 Å². The average molecular weight is 457 g/mol. The normalized spacial score (nSPS) is 13.6. The number of aromatic carboxylic acids is 1. The molecule has 2 heterocycles. The summed E-state index contributed by atoms with van der Waals surface area (Å²) in [5.41, 5.74) is 1.14. The Morgan fingerprint density at radius 3 is 2.32 bits per heavy atom. The number of carbonyl (C=O) groups is 4. The van der Waals surface area contributed by atoms with Crippen LogP contribution in [0.4, 0.5) is 0 Å². The Bertz CT molecular complexity index is 1530. The third-order valence-corrected chi connectivity index (χ3v) is 5.53. The number of hydroxylamine groups is 2. The van der Waals surface area contributed by atoms with E-state index in [2.05, 4.69) is 0 Å². The molecule has 2 aromatic carbocycles. The van der Waals surface area contributed by atoms with Crippen molar-refractivity contribution in [2.45, 2.75) is 12.8 Å². The molecule has 9 nitrogen and oxygen atoms in total. The second-order valence-electron chi connectivity index (χ2n) is 7.66. The van der Waals surface area contributed by atoms with Crippen LogP contribution in [0, 0.1) is 0 Å². The molecule has 0 saturated carbocycles. The third-order valence-electron chi connectivity index (χ3n) is 5.53. The van der Waals surface area contributed by atoms with Crippen LogP contribution in [-0.4, -0.2) is 33.9 Å². The summed E-state index contributed by atoms with van der Waals surface area (Å²) in [5, 5.41) is 11.0. The van der Waals surface area contributed by atoms with Crippen molar-refractivity contribution in [2.24, 2.45) is 0 Å². The predicted octanol–water partition coefficient (Wildman–Crippen LogP) is 3.48. The predicted molar refractivity (Wildman–Crippen MR) is 118 cm³/mol. The van der Waals surface area contributed by atoms with Crippen LogP contribution in [0.5, 0.6) is 0 Å². The van der Waals surface area contributed by atoms with Crippen LogP contribution in [0.2, 0.25) is 0 Å². The number of fused-ring (bicyclic) bond motifs is 2. The monoisotopic (exact) mass is 457 g/mol. The van der Waals surface area contributed by atoms with Gasteiger partial charge in [-0.1, -0.05) is 24.3 Å². The Morgan fingerprint density at radius 2 is 1.59 bits per heavy atom. The summed E-state index contributed by atoms with van der Waals surface area (Å²) in [4.78, 5) is 65.1. The molecule has 1 fully saturated rings. The number of amides is 2. The van der Waals surface area contributed by atoms with Crippen molar-refractivity contribution in [2.75, 3.05) is 0 Å². The first kappa shape index (κ1) is 21.1. The summed E-state index contributed by atoms with van der Waals surface area (Å²) in [6.45, 7) is 0. The molecule has 168 valence electrons. The van der Waals surface area contributed by atoms with Gasteiger partial charge in [-0.3, -0.25) is 14.4 Å². The second-order valence-corrected chi connectivity index (χ2v) is 7.66. The number of carbonyl (C=O) groups excluding carboxylic acids is 3. The van der Waals surface area contributed by atoms with Gasteiger partial charge < -0.3 is 14.4 Å². The summed E-state index contributed by atoms with van der Waals surface area (Å²) < 4.78 is 5.86. The Kier molecular flexibility index (Phi) is 4.94. The molecule has 5 rings (SSSR count). The molecule has 1 N–H and O–H groups in total. The largest absolute Gasteiger partial charge is 0.478 e. The molecule has 0 radical (unpaired) electrons. The Hall–Kier alpha value is -4.79. The first-order valence-electron chi connectivity index (χ1n) is 10.2. The lowest BCUT2D eigenvalue weighted by Gasteiger charge is -2.17. The number of hydrogen-bond acceptors (Lipinski definition) is 7. The molecule has 0 atom stereocenters. The summed E-state index contributed by atoms with van der Waals surface area (Å²) in [6.07, 6.45) is -0.120. The highest BCUT2D eigenvalue weighted by Gasteiger charge is 2.33. The van der Waals surface area contributed by atoms with E-state index >= 15 is 0 Å². The van der Waals surface area contributed by atoms with Gasteiger partial charge in [0.2, 0.25) is 0 Å². The molecule has 0 unspecified atom stereocenters. The van der Waals surface area contributed by atoms with Gasteiger partial charge in [0.15, 0.2) is 5.43 Å². The van der Waals surface area contributed by atoms with E-state index in [1.807, 2.05) is 0 Å². The van der Waals surface area contributed by atoms with Crippen molar-refractivity contribution in [3.05, 3.63) is 82.0 Å². The number of para-hydroxylation sites is 1. The van der Waals surface area contributed by atoms with Crippen LogP contribution >= 0.6 is 0 Å². The minimum absolute atomic E-state index is 0.0598. The van der Waals surface area contributed by atoms with Crippen LogP contribution in [0.25, 0.3) is 33.4 Å². The van der Waals surface area contributed by atoms with E-state index in [0.717, 1.165) is 6.07 Å². The van der Waals surface area contributed by atoms with Crippen molar-refractivity contribution in [3.63, 3.8) is 0 Å².